The SMILES string of the molecule is CC(=CCC#N)C1CCCCC1.CC(CCC#N)C1CCCCC1. The van der Waals surface area contributed by atoms with Gasteiger partial charge in [-0.2, -0.15) is 10.5 Å². The zero-order valence-electron chi connectivity index (χ0n) is 15.9. The maximum Gasteiger partial charge on any atom is 0.0663 e. The summed E-state index contributed by atoms with van der Waals surface area (Å²) in [5.74, 6) is 2.49. The highest BCUT2D eigenvalue weighted by molar-refractivity contribution is 5.06. The van der Waals surface area contributed by atoms with E-state index in [2.05, 4.69) is 32.1 Å². The highest BCUT2D eigenvalue weighted by Crippen LogP contribution is 2.32. The summed E-state index contributed by atoms with van der Waals surface area (Å²) in [7, 11) is 0. The van der Waals surface area contributed by atoms with Crippen molar-refractivity contribution in [2.75, 3.05) is 0 Å². The second kappa shape index (κ2) is 13.1. The van der Waals surface area contributed by atoms with Crippen molar-refractivity contribution in [2.24, 2.45) is 17.8 Å². The number of allylic oxidation sites excluding steroid dienone is 2. The summed E-state index contributed by atoms with van der Waals surface area (Å²) in [6.45, 7) is 4.49. The number of hydrogen-bond acceptors (Lipinski definition) is 2. The van der Waals surface area contributed by atoms with E-state index in [1.807, 2.05) is 0 Å². The quantitative estimate of drug-likeness (QED) is 0.513. The zero-order valence-corrected chi connectivity index (χ0v) is 15.9. The lowest BCUT2D eigenvalue weighted by atomic mass is 9.79. The van der Waals surface area contributed by atoms with Gasteiger partial charge in [0.1, 0.15) is 0 Å². The Bertz CT molecular complexity index is 426. The maximum atomic E-state index is 8.46. The lowest BCUT2D eigenvalue weighted by Gasteiger charge is -2.26. The van der Waals surface area contributed by atoms with Crippen molar-refractivity contribution in [2.45, 2.75) is 97.3 Å². The Labute approximate surface area is 149 Å². The Balaban J connectivity index is 0.000000240. The van der Waals surface area contributed by atoms with Gasteiger partial charge in [0.05, 0.1) is 18.6 Å². The zero-order chi connectivity index (χ0) is 17.6. The molecule has 2 nitrogen and oxygen atoms in total. The van der Waals surface area contributed by atoms with E-state index >= 15 is 0 Å². The van der Waals surface area contributed by atoms with E-state index in [-0.39, 0.29) is 0 Å². The van der Waals surface area contributed by atoms with Crippen LogP contribution in [0.15, 0.2) is 11.6 Å². The lowest BCUT2D eigenvalue weighted by molar-refractivity contribution is 0.254. The topological polar surface area (TPSA) is 47.6 Å². The highest BCUT2D eigenvalue weighted by atomic mass is 14.3. The van der Waals surface area contributed by atoms with Crippen LogP contribution in [0.25, 0.3) is 0 Å². The molecule has 0 saturated heterocycles. The third-order valence-corrected chi connectivity index (χ3v) is 5.93. The molecule has 2 aliphatic rings. The summed E-state index contributed by atoms with van der Waals surface area (Å²) < 4.78 is 0. The van der Waals surface area contributed by atoms with E-state index in [4.69, 9.17) is 10.5 Å². The van der Waals surface area contributed by atoms with Crippen molar-refractivity contribution in [3.63, 3.8) is 0 Å². The van der Waals surface area contributed by atoms with E-state index in [9.17, 15) is 0 Å². The Kier molecular flexibility index (Phi) is 11.3. The van der Waals surface area contributed by atoms with Crippen molar-refractivity contribution in [1.82, 2.24) is 0 Å². The first-order chi connectivity index (χ1) is 11.7. The van der Waals surface area contributed by atoms with Gasteiger partial charge in [-0.05, 0) is 43.9 Å². The van der Waals surface area contributed by atoms with Crippen LogP contribution in [0.1, 0.15) is 97.3 Å². The van der Waals surface area contributed by atoms with Gasteiger partial charge in [-0.25, -0.2) is 0 Å². The molecular weight excluding hydrogens is 292 g/mol. The summed E-state index contributed by atoms with van der Waals surface area (Å²) in [6, 6.07) is 4.40. The van der Waals surface area contributed by atoms with Crippen LogP contribution in [-0.4, -0.2) is 0 Å². The molecule has 2 rings (SSSR count). The standard InChI is InChI=1S/C11H19N.C11H17N/c2*1-10(6-5-9-12)11-7-3-2-4-8-11/h10-11H,2-8H2,1H3;6,11H,2-5,7-8H2,1H3. The van der Waals surface area contributed by atoms with Gasteiger partial charge in [-0.3, -0.25) is 0 Å². The van der Waals surface area contributed by atoms with Crippen LogP contribution in [0, 0.1) is 40.4 Å². The number of nitrogens with zero attached hydrogens (tertiary/aromatic N) is 2. The highest BCUT2D eigenvalue weighted by Gasteiger charge is 2.19. The Morgan fingerprint density at radius 2 is 1.54 bits per heavy atom. The van der Waals surface area contributed by atoms with Gasteiger partial charge in [0.25, 0.3) is 0 Å². The Morgan fingerprint density at radius 1 is 0.958 bits per heavy atom. The number of nitriles is 2. The summed E-state index contributed by atoms with van der Waals surface area (Å²) >= 11 is 0. The molecule has 1 unspecified atom stereocenters. The average molecular weight is 329 g/mol. The molecule has 0 spiro atoms. The van der Waals surface area contributed by atoms with Gasteiger partial charge in [0.15, 0.2) is 0 Å². The fraction of sp³-hybridized carbons (Fsp3) is 0.818. The van der Waals surface area contributed by atoms with Crippen LogP contribution in [0.3, 0.4) is 0 Å². The van der Waals surface area contributed by atoms with Crippen LogP contribution >= 0.6 is 0 Å². The Morgan fingerprint density at radius 3 is 2.08 bits per heavy atom. The molecule has 0 heterocycles. The van der Waals surface area contributed by atoms with Gasteiger partial charge >= 0.3 is 0 Å². The molecule has 2 saturated carbocycles. The van der Waals surface area contributed by atoms with Gasteiger partial charge < -0.3 is 0 Å². The molecule has 1 atom stereocenters. The average Bonchev–Trinajstić information content (AvgIpc) is 2.66. The second-order valence-corrected chi connectivity index (χ2v) is 7.72. The molecule has 0 aromatic rings. The minimum atomic E-state index is 0.586. The monoisotopic (exact) mass is 328 g/mol. The number of rotatable bonds is 5. The first-order valence-corrected chi connectivity index (χ1v) is 10.1. The summed E-state index contributed by atoms with van der Waals surface area (Å²) in [6.07, 6.45) is 18.5. The summed E-state index contributed by atoms with van der Waals surface area (Å²) in [4.78, 5) is 0. The van der Waals surface area contributed by atoms with E-state index in [1.54, 1.807) is 0 Å². The normalized spacial score (nSPS) is 21.1. The maximum absolute atomic E-state index is 8.46. The molecule has 0 aliphatic heterocycles. The molecule has 0 amide bonds. The smallest absolute Gasteiger partial charge is 0.0663 e. The van der Waals surface area contributed by atoms with Crippen molar-refractivity contribution in [3.05, 3.63) is 11.6 Å². The Hall–Kier alpha value is -1.28. The lowest BCUT2D eigenvalue weighted by Crippen LogP contribution is -2.14. The van der Waals surface area contributed by atoms with E-state index in [0.717, 1.165) is 30.6 Å². The van der Waals surface area contributed by atoms with Crippen LogP contribution in [-0.2, 0) is 0 Å². The molecular formula is C22H36N2. The second-order valence-electron chi connectivity index (χ2n) is 7.72. The van der Waals surface area contributed by atoms with Crippen LogP contribution in [0.2, 0.25) is 0 Å². The first kappa shape index (κ1) is 20.8. The molecule has 0 aromatic heterocycles. The van der Waals surface area contributed by atoms with Crippen molar-refractivity contribution in [3.8, 4) is 12.1 Å². The van der Waals surface area contributed by atoms with Gasteiger partial charge in [0, 0.05) is 6.42 Å². The van der Waals surface area contributed by atoms with Gasteiger partial charge in [-0.15, -0.1) is 0 Å². The minimum absolute atomic E-state index is 0.586. The third-order valence-electron chi connectivity index (χ3n) is 5.93. The summed E-state index contributed by atoms with van der Waals surface area (Å²) in [5.41, 5.74) is 1.44. The largest absolute Gasteiger partial charge is 0.198 e. The molecule has 24 heavy (non-hydrogen) atoms. The van der Waals surface area contributed by atoms with E-state index in [0.29, 0.717) is 6.42 Å². The van der Waals surface area contributed by atoms with Crippen LogP contribution in [0.5, 0.6) is 0 Å². The fourth-order valence-electron chi connectivity index (χ4n) is 4.16. The number of hydrogen-bond donors (Lipinski definition) is 0. The molecule has 134 valence electrons. The molecule has 0 radical (unpaired) electrons. The van der Waals surface area contributed by atoms with Gasteiger partial charge in [-0.1, -0.05) is 69.9 Å². The molecule has 2 heteroatoms. The predicted molar refractivity (Wildman–Crippen MR) is 101 cm³/mol. The molecule has 0 aromatic carbocycles. The van der Waals surface area contributed by atoms with Crippen LogP contribution in [0.4, 0.5) is 0 Å². The van der Waals surface area contributed by atoms with Crippen molar-refractivity contribution < 1.29 is 0 Å². The van der Waals surface area contributed by atoms with Crippen molar-refractivity contribution >= 4 is 0 Å². The predicted octanol–water partition coefficient (Wildman–Crippen LogP) is 6.93. The van der Waals surface area contributed by atoms with Gasteiger partial charge in [0.2, 0.25) is 0 Å². The third kappa shape index (κ3) is 8.54. The first-order valence-electron chi connectivity index (χ1n) is 10.1. The van der Waals surface area contributed by atoms with Crippen LogP contribution < -0.4 is 0 Å². The molecule has 0 bridgehead atoms. The summed E-state index contributed by atoms with van der Waals surface area (Å²) in [5, 5.41) is 16.9. The fourth-order valence-corrected chi connectivity index (χ4v) is 4.16. The molecule has 2 aliphatic carbocycles. The van der Waals surface area contributed by atoms with Crippen molar-refractivity contribution in [1.29, 1.82) is 10.5 Å². The van der Waals surface area contributed by atoms with E-state index < -0.39 is 0 Å². The molecule has 0 N–H and O–H groups in total. The van der Waals surface area contributed by atoms with E-state index in [1.165, 1.54) is 69.8 Å². The molecule has 2 fully saturated rings. The minimum Gasteiger partial charge on any atom is -0.198 e.